The molecule has 0 amide bonds. The molecule has 3 aromatic carbocycles. The highest BCUT2D eigenvalue weighted by Gasteiger charge is 2.12. The van der Waals surface area contributed by atoms with Crippen LogP contribution in [0.3, 0.4) is 0 Å². The van der Waals surface area contributed by atoms with Gasteiger partial charge in [0, 0.05) is 19.0 Å². The topological polar surface area (TPSA) is 27.1 Å². The van der Waals surface area contributed by atoms with Gasteiger partial charge in [-0.1, -0.05) is 60.7 Å². The van der Waals surface area contributed by atoms with E-state index in [4.69, 9.17) is 9.72 Å². The molecule has 136 valence electrons. The van der Waals surface area contributed by atoms with Crippen LogP contribution in [0.25, 0.3) is 11.0 Å². The molecule has 0 fully saturated rings. The summed E-state index contributed by atoms with van der Waals surface area (Å²) in [5.41, 5.74) is 4.84. The monoisotopic (exact) mass is 356 g/mol. The van der Waals surface area contributed by atoms with Gasteiger partial charge in [0.25, 0.3) is 0 Å². The third-order valence-corrected chi connectivity index (χ3v) is 4.93. The maximum Gasteiger partial charge on any atom is 0.121 e. The highest BCUT2D eigenvalue weighted by molar-refractivity contribution is 5.78. The van der Waals surface area contributed by atoms with E-state index in [0.717, 1.165) is 48.4 Å². The molecule has 4 rings (SSSR count). The van der Waals surface area contributed by atoms with Gasteiger partial charge in [-0.3, -0.25) is 0 Å². The molecule has 0 saturated heterocycles. The predicted octanol–water partition coefficient (Wildman–Crippen LogP) is 5.27. The van der Waals surface area contributed by atoms with Crippen LogP contribution in [-0.2, 0) is 19.4 Å². The van der Waals surface area contributed by atoms with Gasteiger partial charge in [-0.15, -0.1) is 0 Å². The fraction of sp³-hybridized carbons (Fsp3) is 0.208. The van der Waals surface area contributed by atoms with Crippen LogP contribution in [-0.4, -0.2) is 16.7 Å². The number of methoxy groups -OCH3 is 1. The maximum atomic E-state index is 5.44. The molecule has 0 radical (unpaired) electrons. The molecule has 1 heterocycles. The van der Waals surface area contributed by atoms with E-state index in [9.17, 15) is 0 Å². The van der Waals surface area contributed by atoms with Crippen LogP contribution in [0.2, 0.25) is 0 Å². The normalized spacial score (nSPS) is 11.0. The second-order valence-corrected chi connectivity index (χ2v) is 6.79. The predicted molar refractivity (Wildman–Crippen MR) is 110 cm³/mol. The summed E-state index contributed by atoms with van der Waals surface area (Å²) >= 11 is 0. The molecule has 27 heavy (non-hydrogen) atoms. The molecule has 0 aliphatic heterocycles. The highest BCUT2D eigenvalue weighted by Crippen LogP contribution is 2.24. The Labute approximate surface area is 160 Å². The zero-order chi connectivity index (χ0) is 18.5. The van der Waals surface area contributed by atoms with Crippen LogP contribution >= 0.6 is 0 Å². The number of aryl methyl sites for hydroxylation is 2. The van der Waals surface area contributed by atoms with E-state index in [-0.39, 0.29) is 0 Å². The summed E-state index contributed by atoms with van der Waals surface area (Å²) in [5, 5.41) is 0. The van der Waals surface area contributed by atoms with Crippen molar-refractivity contribution in [2.45, 2.75) is 25.8 Å². The Morgan fingerprint density at radius 3 is 2.26 bits per heavy atom. The van der Waals surface area contributed by atoms with Gasteiger partial charge >= 0.3 is 0 Å². The molecular formula is C24H24N2O. The largest absolute Gasteiger partial charge is 0.497 e. The molecule has 4 aromatic rings. The lowest BCUT2D eigenvalue weighted by Crippen LogP contribution is -2.06. The summed E-state index contributed by atoms with van der Waals surface area (Å²) in [5.74, 6) is 1.98. The van der Waals surface area contributed by atoms with Crippen LogP contribution in [0.4, 0.5) is 0 Å². The van der Waals surface area contributed by atoms with Crippen molar-refractivity contribution in [3.8, 4) is 5.75 Å². The summed E-state index contributed by atoms with van der Waals surface area (Å²) < 4.78 is 7.79. The van der Waals surface area contributed by atoms with Crippen molar-refractivity contribution in [3.63, 3.8) is 0 Å². The minimum atomic E-state index is 0.836. The van der Waals surface area contributed by atoms with Crippen molar-refractivity contribution in [1.82, 2.24) is 9.55 Å². The number of hydrogen-bond acceptors (Lipinski definition) is 2. The van der Waals surface area contributed by atoms with Crippen LogP contribution < -0.4 is 4.74 Å². The van der Waals surface area contributed by atoms with Gasteiger partial charge in [-0.2, -0.15) is 0 Å². The van der Waals surface area contributed by atoms with Crippen molar-refractivity contribution < 1.29 is 4.74 Å². The van der Waals surface area contributed by atoms with Crippen molar-refractivity contribution in [1.29, 1.82) is 0 Å². The maximum absolute atomic E-state index is 5.44. The molecule has 0 aliphatic rings. The lowest BCUT2D eigenvalue weighted by Gasteiger charge is -2.10. The molecule has 0 unspecified atom stereocenters. The number of nitrogens with zero attached hydrogens (tertiary/aromatic N) is 2. The van der Waals surface area contributed by atoms with E-state index in [2.05, 4.69) is 77.4 Å². The average molecular weight is 356 g/mol. The first-order valence-electron chi connectivity index (χ1n) is 9.44. The zero-order valence-corrected chi connectivity index (χ0v) is 15.6. The molecule has 3 heteroatoms. The lowest BCUT2D eigenvalue weighted by molar-refractivity contribution is 0.415. The third-order valence-electron chi connectivity index (χ3n) is 4.93. The first-order chi connectivity index (χ1) is 13.3. The van der Waals surface area contributed by atoms with Gasteiger partial charge in [0.1, 0.15) is 11.6 Å². The SMILES string of the molecule is COc1ccc2nc(Cc3ccccc3)n(CCCc3ccccc3)c2c1. The van der Waals surface area contributed by atoms with Gasteiger partial charge in [-0.05, 0) is 36.1 Å². The molecule has 0 aliphatic carbocycles. The molecule has 0 spiro atoms. The summed E-state index contributed by atoms with van der Waals surface area (Å²) in [4.78, 5) is 4.92. The molecule has 3 nitrogen and oxygen atoms in total. The Kier molecular flexibility index (Phi) is 5.20. The van der Waals surface area contributed by atoms with Gasteiger partial charge in [0.2, 0.25) is 0 Å². The number of fused-ring (bicyclic) bond motifs is 1. The summed E-state index contributed by atoms with van der Waals surface area (Å²) in [6.45, 7) is 0.945. The Morgan fingerprint density at radius 1 is 0.852 bits per heavy atom. The molecule has 0 atom stereocenters. The number of ether oxygens (including phenoxy) is 1. The quantitative estimate of drug-likeness (QED) is 0.451. The molecular weight excluding hydrogens is 332 g/mol. The van der Waals surface area contributed by atoms with Crippen LogP contribution in [0.15, 0.2) is 78.9 Å². The minimum Gasteiger partial charge on any atom is -0.497 e. The fourth-order valence-corrected chi connectivity index (χ4v) is 3.53. The van der Waals surface area contributed by atoms with Gasteiger partial charge in [0.15, 0.2) is 0 Å². The second-order valence-electron chi connectivity index (χ2n) is 6.79. The van der Waals surface area contributed by atoms with Gasteiger partial charge < -0.3 is 9.30 Å². The van der Waals surface area contributed by atoms with Crippen molar-refractivity contribution in [3.05, 3.63) is 95.8 Å². The van der Waals surface area contributed by atoms with Gasteiger partial charge in [0.05, 0.1) is 18.1 Å². The van der Waals surface area contributed by atoms with Crippen LogP contribution in [0.5, 0.6) is 5.75 Å². The van der Waals surface area contributed by atoms with Crippen molar-refractivity contribution in [2.75, 3.05) is 7.11 Å². The molecule has 1 aromatic heterocycles. The third kappa shape index (κ3) is 4.03. The highest BCUT2D eigenvalue weighted by atomic mass is 16.5. The number of hydrogen-bond donors (Lipinski definition) is 0. The first kappa shape index (κ1) is 17.3. The minimum absolute atomic E-state index is 0.836. The number of benzene rings is 3. The Hall–Kier alpha value is -3.07. The first-order valence-corrected chi connectivity index (χ1v) is 9.44. The lowest BCUT2D eigenvalue weighted by atomic mass is 10.1. The van der Waals surface area contributed by atoms with E-state index < -0.39 is 0 Å². The summed E-state index contributed by atoms with van der Waals surface area (Å²) in [6, 6.07) is 27.3. The van der Waals surface area contributed by atoms with E-state index in [1.807, 2.05) is 6.07 Å². The second kappa shape index (κ2) is 8.09. The van der Waals surface area contributed by atoms with E-state index >= 15 is 0 Å². The Morgan fingerprint density at radius 2 is 1.56 bits per heavy atom. The number of rotatable bonds is 7. The Bertz CT molecular complexity index is 1010. The summed E-state index contributed by atoms with van der Waals surface area (Å²) in [7, 11) is 1.71. The van der Waals surface area contributed by atoms with E-state index in [1.54, 1.807) is 7.11 Å². The number of imidazole rings is 1. The average Bonchev–Trinajstić information content (AvgIpc) is 3.06. The van der Waals surface area contributed by atoms with Crippen molar-refractivity contribution in [2.24, 2.45) is 0 Å². The van der Waals surface area contributed by atoms with Crippen molar-refractivity contribution >= 4 is 11.0 Å². The van der Waals surface area contributed by atoms with Crippen LogP contribution in [0, 0.1) is 0 Å². The van der Waals surface area contributed by atoms with E-state index in [0.29, 0.717) is 0 Å². The molecule has 0 bridgehead atoms. The smallest absolute Gasteiger partial charge is 0.121 e. The standard InChI is InChI=1S/C24H24N2O/c1-27-21-14-15-22-23(18-21)26(16-8-13-19-9-4-2-5-10-19)24(25-22)17-20-11-6-3-7-12-20/h2-7,9-12,14-15,18H,8,13,16-17H2,1H3. The molecule has 0 N–H and O–H groups in total. The van der Waals surface area contributed by atoms with E-state index in [1.165, 1.54) is 11.1 Å². The molecule has 0 saturated carbocycles. The zero-order valence-electron chi connectivity index (χ0n) is 15.6. The Balaban J connectivity index is 1.63. The van der Waals surface area contributed by atoms with Crippen LogP contribution in [0.1, 0.15) is 23.4 Å². The fourth-order valence-electron chi connectivity index (χ4n) is 3.53. The summed E-state index contributed by atoms with van der Waals surface area (Å²) in [6.07, 6.45) is 2.98. The number of aromatic nitrogens is 2. The van der Waals surface area contributed by atoms with Gasteiger partial charge in [-0.25, -0.2) is 4.98 Å².